The molecule has 0 bridgehead atoms. The predicted molar refractivity (Wildman–Crippen MR) is 46.6 cm³/mol. The Bertz CT molecular complexity index is 78.5. The topological polar surface area (TPSA) is 0 Å². The second-order valence-electron chi connectivity index (χ2n) is 1.03. The summed E-state index contributed by atoms with van der Waals surface area (Å²) in [6, 6.07) is 10.0. The van der Waals surface area contributed by atoms with Gasteiger partial charge in [0, 0.05) is 0 Å². The minimum Gasteiger partial charge on any atom is -0.214 e. The van der Waals surface area contributed by atoms with Crippen molar-refractivity contribution in [1.29, 1.82) is 0 Å². The first-order valence-corrected chi connectivity index (χ1v) is 8.37. The molecule has 3 heteroatoms. The van der Waals surface area contributed by atoms with Crippen LogP contribution in [-0.4, -0.2) is 0 Å². The first kappa shape index (κ1) is 17.1. The fourth-order valence-corrected chi connectivity index (χ4v) is 0.321. The zero-order valence-corrected chi connectivity index (χ0v) is 10.1. The molecule has 1 aromatic carbocycles. The van der Waals surface area contributed by atoms with Crippen LogP contribution in [0.1, 0.15) is 0 Å². The largest absolute Gasteiger partial charge is 0.214 e. The van der Waals surface area contributed by atoms with Crippen LogP contribution in [0.15, 0.2) is 30.3 Å². The van der Waals surface area contributed by atoms with Gasteiger partial charge in [0.15, 0.2) is 0 Å². The molecule has 0 radical (unpaired) electrons. The van der Waals surface area contributed by atoms with Gasteiger partial charge in [-0.15, -0.1) is 0 Å². The molecular formula is C7H11Cl2Zr-3. The molecule has 60 valence electrons. The number of halogens is 2. The van der Waals surface area contributed by atoms with Crippen molar-refractivity contribution in [2.24, 2.45) is 0 Å². The van der Waals surface area contributed by atoms with Crippen molar-refractivity contribution < 1.29 is 20.8 Å². The summed E-state index contributed by atoms with van der Waals surface area (Å²) >= 11 is -0.826. The molecule has 0 aromatic heterocycles. The van der Waals surface area contributed by atoms with Gasteiger partial charge >= 0.3 is 37.9 Å². The Morgan fingerprint density at radius 1 is 1.00 bits per heavy atom. The molecule has 10 heavy (non-hydrogen) atoms. The second-order valence-corrected chi connectivity index (χ2v) is 4.77. The van der Waals surface area contributed by atoms with Crippen molar-refractivity contribution in [1.82, 2.24) is 0 Å². The summed E-state index contributed by atoms with van der Waals surface area (Å²) in [7, 11) is 9.87. The van der Waals surface area contributed by atoms with Crippen LogP contribution < -0.4 is 0 Å². The SMILES string of the molecule is [CH3-].[CH3-].[Cl][Zr][Cl].c1cc[cH-]c1. The third kappa shape index (κ3) is 15.9. The van der Waals surface area contributed by atoms with Crippen molar-refractivity contribution in [2.75, 3.05) is 0 Å². The first-order valence-electron chi connectivity index (χ1n) is 2.04. The van der Waals surface area contributed by atoms with Crippen LogP contribution in [0.5, 0.6) is 0 Å². The van der Waals surface area contributed by atoms with Crippen molar-refractivity contribution in [3.8, 4) is 0 Å². The monoisotopic (exact) mass is 255 g/mol. The van der Waals surface area contributed by atoms with Crippen LogP contribution in [0.25, 0.3) is 0 Å². The van der Waals surface area contributed by atoms with E-state index in [0.717, 1.165) is 0 Å². The Hall–Kier alpha value is 0.813. The molecule has 0 N–H and O–H groups in total. The van der Waals surface area contributed by atoms with E-state index in [1.165, 1.54) is 0 Å². The summed E-state index contributed by atoms with van der Waals surface area (Å²) in [6.07, 6.45) is 0. The zero-order chi connectivity index (χ0) is 6.24. The summed E-state index contributed by atoms with van der Waals surface area (Å²) in [5.74, 6) is 0. The molecule has 0 nitrogen and oxygen atoms in total. The maximum absolute atomic E-state index is 4.93. The Kier molecular flexibility index (Phi) is 28.0. The summed E-state index contributed by atoms with van der Waals surface area (Å²) in [4.78, 5) is 0. The summed E-state index contributed by atoms with van der Waals surface area (Å²) in [6.45, 7) is 0. The van der Waals surface area contributed by atoms with E-state index in [1.807, 2.05) is 30.3 Å². The fraction of sp³-hybridized carbons (Fsp3) is 0. The van der Waals surface area contributed by atoms with E-state index in [-0.39, 0.29) is 14.9 Å². The van der Waals surface area contributed by atoms with Gasteiger partial charge in [-0.3, -0.25) is 0 Å². The predicted octanol–water partition coefficient (Wildman–Crippen LogP) is 3.68. The number of hydrogen-bond donors (Lipinski definition) is 0. The molecule has 0 aliphatic carbocycles. The summed E-state index contributed by atoms with van der Waals surface area (Å²) in [5, 5.41) is 0. The number of hydrogen-bond acceptors (Lipinski definition) is 0. The standard InChI is InChI=1S/C5H5.2CH3.2ClH.Zr/c1-2-4-5-3-1;;;;;/h1-5H;2*1H3;2*1H;/q3*-1;;;+2/p-2. The van der Waals surface area contributed by atoms with Gasteiger partial charge in [0.2, 0.25) is 0 Å². The van der Waals surface area contributed by atoms with Gasteiger partial charge in [-0.2, -0.15) is 18.2 Å². The Morgan fingerprint density at radius 3 is 1.40 bits per heavy atom. The van der Waals surface area contributed by atoms with E-state index in [1.54, 1.807) is 0 Å². The molecule has 0 aliphatic rings. The van der Waals surface area contributed by atoms with Crippen molar-refractivity contribution in [3.05, 3.63) is 45.2 Å². The molecule has 1 aromatic rings. The molecule has 0 saturated heterocycles. The van der Waals surface area contributed by atoms with E-state index in [9.17, 15) is 0 Å². The average molecular weight is 257 g/mol. The van der Waals surface area contributed by atoms with Crippen molar-refractivity contribution in [3.63, 3.8) is 0 Å². The zero-order valence-electron chi connectivity index (χ0n) is 6.14. The van der Waals surface area contributed by atoms with Crippen LogP contribution in [0.2, 0.25) is 0 Å². The minimum atomic E-state index is -0.826. The van der Waals surface area contributed by atoms with Gasteiger partial charge in [-0.25, -0.2) is 12.1 Å². The fourth-order valence-electron chi connectivity index (χ4n) is 0.321. The van der Waals surface area contributed by atoms with Crippen LogP contribution in [0.4, 0.5) is 0 Å². The van der Waals surface area contributed by atoms with E-state index in [0.29, 0.717) is 0 Å². The minimum absolute atomic E-state index is 0. The van der Waals surface area contributed by atoms with E-state index in [2.05, 4.69) is 0 Å². The van der Waals surface area contributed by atoms with E-state index in [4.69, 9.17) is 17.0 Å². The first-order chi connectivity index (χ1) is 3.91. The smallest absolute Gasteiger partial charge is 0.172 e. The molecule has 0 fully saturated rings. The van der Waals surface area contributed by atoms with E-state index >= 15 is 0 Å². The molecule has 0 unspecified atom stereocenters. The van der Waals surface area contributed by atoms with Crippen LogP contribution in [0, 0.1) is 14.9 Å². The maximum atomic E-state index is 4.93. The van der Waals surface area contributed by atoms with Crippen LogP contribution in [0.3, 0.4) is 0 Å². The molecule has 0 atom stereocenters. The van der Waals surface area contributed by atoms with Gasteiger partial charge in [0.05, 0.1) is 0 Å². The van der Waals surface area contributed by atoms with Gasteiger partial charge in [0.25, 0.3) is 0 Å². The van der Waals surface area contributed by atoms with Gasteiger partial charge < -0.3 is 14.9 Å². The van der Waals surface area contributed by atoms with Crippen molar-refractivity contribution >= 4 is 17.0 Å². The van der Waals surface area contributed by atoms with Crippen molar-refractivity contribution in [2.45, 2.75) is 0 Å². The molecule has 0 saturated carbocycles. The van der Waals surface area contributed by atoms with E-state index < -0.39 is 20.8 Å². The summed E-state index contributed by atoms with van der Waals surface area (Å²) in [5.41, 5.74) is 0. The Balaban J connectivity index is -0.0000000900. The van der Waals surface area contributed by atoms with Crippen LogP contribution in [-0.2, 0) is 20.8 Å². The van der Waals surface area contributed by atoms with Gasteiger partial charge in [0.1, 0.15) is 0 Å². The normalized spacial score (nSPS) is 5.40. The number of rotatable bonds is 0. The van der Waals surface area contributed by atoms with Gasteiger partial charge in [-0.05, 0) is 0 Å². The third-order valence-electron chi connectivity index (χ3n) is 0.556. The molecular weight excluding hydrogens is 246 g/mol. The quantitative estimate of drug-likeness (QED) is 0.622. The molecule has 0 amide bonds. The Morgan fingerprint density at radius 2 is 1.30 bits per heavy atom. The molecule has 0 spiro atoms. The maximum Gasteiger partial charge on any atom is -0.172 e. The summed E-state index contributed by atoms with van der Waals surface area (Å²) < 4.78 is 0. The molecule has 1 rings (SSSR count). The average Bonchev–Trinajstić information content (AvgIpc) is 2.17. The van der Waals surface area contributed by atoms with Crippen LogP contribution >= 0.6 is 17.0 Å². The van der Waals surface area contributed by atoms with Gasteiger partial charge in [-0.1, -0.05) is 0 Å². The second kappa shape index (κ2) is 16.4. The molecule has 0 aliphatic heterocycles. The third-order valence-corrected chi connectivity index (χ3v) is 0.556. The molecule has 0 heterocycles. The Labute approximate surface area is 82.6 Å².